The van der Waals surface area contributed by atoms with Crippen LogP contribution in [0.4, 0.5) is 0 Å². The van der Waals surface area contributed by atoms with Gasteiger partial charge < -0.3 is 26.5 Å². The Morgan fingerprint density at radius 3 is 2.52 bits per heavy atom. The first-order valence-electron chi connectivity index (χ1n) is 9.23. The van der Waals surface area contributed by atoms with Crippen LogP contribution in [0.1, 0.15) is 22.6 Å². The van der Waals surface area contributed by atoms with Crippen LogP contribution in [0.5, 0.6) is 11.5 Å². The third kappa shape index (κ3) is 4.19. The van der Waals surface area contributed by atoms with Gasteiger partial charge in [0.2, 0.25) is 5.78 Å². The lowest BCUT2D eigenvalue weighted by Gasteiger charge is -2.08. The number of benzene rings is 2. The van der Waals surface area contributed by atoms with Crippen molar-refractivity contribution in [3.8, 4) is 22.8 Å². The monoisotopic (exact) mass is 476 g/mol. The van der Waals surface area contributed by atoms with Crippen molar-refractivity contribution in [2.75, 3.05) is 14.2 Å². The molecule has 0 unspecified atom stereocenters. The molecule has 2 heterocycles. The van der Waals surface area contributed by atoms with Crippen molar-refractivity contribution in [3.63, 3.8) is 0 Å². The summed E-state index contributed by atoms with van der Waals surface area (Å²) < 4.78 is 14.9. The quantitative estimate of drug-likeness (QED) is 0.392. The van der Waals surface area contributed by atoms with Crippen molar-refractivity contribution in [3.05, 3.63) is 65.1 Å². The molecule has 0 amide bonds. The minimum absolute atomic E-state index is 0. The lowest BCUT2D eigenvalue weighted by Crippen LogP contribution is -3.00. The summed E-state index contributed by atoms with van der Waals surface area (Å²) in [4.78, 5) is 12.9. The zero-order valence-electron chi connectivity index (χ0n) is 16.3. The standard InChI is InChI=1S/C22H22ClN2O3.BrH/c1-27-20-10-7-16(12-21(20)28-2)19(26)14-24-13-18(25-11-3-4-22(24)25)15-5-8-17(23)9-6-15;/h5-10,12-13H,3-4,11,14H2,1-2H3;1H/q+1;/p-1. The third-order valence-corrected chi connectivity index (χ3v) is 5.41. The Bertz CT molecular complexity index is 1030. The van der Waals surface area contributed by atoms with Gasteiger partial charge in [0.05, 0.1) is 27.2 Å². The second-order valence-electron chi connectivity index (χ2n) is 6.81. The highest BCUT2D eigenvalue weighted by Crippen LogP contribution is 2.28. The minimum atomic E-state index is 0. The highest BCUT2D eigenvalue weighted by atomic mass is 79.9. The molecule has 0 atom stereocenters. The van der Waals surface area contributed by atoms with Crippen LogP contribution in [0.3, 0.4) is 0 Å². The third-order valence-electron chi connectivity index (χ3n) is 5.15. The summed E-state index contributed by atoms with van der Waals surface area (Å²) in [7, 11) is 3.15. The van der Waals surface area contributed by atoms with Crippen LogP contribution in [-0.4, -0.2) is 24.6 Å². The van der Waals surface area contributed by atoms with Crippen molar-refractivity contribution in [2.45, 2.75) is 25.9 Å². The number of methoxy groups -OCH3 is 2. The van der Waals surface area contributed by atoms with Gasteiger partial charge in [0, 0.05) is 16.1 Å². The van der Waals surface area contributed by atoms with Crippen LogP contribution < -0.4 is 31.0 Å². The van der Waals surface area contributed by atoms with Gasteiger partial charge in [-0.3, -0.25) is 4.79 Å². The van der Waals surface area contributed by atoms with Crippen LogP contribution in [0.2, 0.25) is 5.02 Å². The number of halogens is 2. The van der Waals surface area contributed by atoms with E-state index < -0.39 is 0 Å². The van der Waals surface area contributed by atoms with E-state index in [0.717, 1.165) is 30.6 Å². The summed E-state index contributed by atoms with van der Waals surface area (Å²) in [6.07, 6.45) is 4.12. The lowest BCUT2D eigenvalue weighted by molar-refractivity contribution is -0.689. The van der Waals surface area contributed by atoms with Gasteiger partial charge >= 0.3 is 0 Å². The normalized spacial score (nSPS) is 12.2. The number of hydrogen-bond donors (Lipinski definition) is 0. The number of ketones is 1. The number of Topliss-reactive ketones (excluding diaryl/α,β-unsaturated/α-hetero) is 1. The lowest BCUT2D eigenvalue weighted by atomic mass is 10.1. The van der Waals surface area contributed by atoms with Crippen LogP contribution in [0.15, 0.2) is 48.7 Å². The maximum atomic E-state index is 12.9. The molecule has 0 fully saturated rings. The number of carbonyl (C=O) groups excluding carboxylic acids is 1. The van der Waals surface area contributed by atoms with E-state index in [1.165, 1.54) is 5.82 Å². The number of nitrogens with zero attached hydrogens (tertiary/aromatic N) is 2. The van der Waals surface area contributed by atoms with Gasteiger partial charge in [0.15, 0.2) is 23.7 Å². The van der Waals surface area contributed by atoms with E-state index in [1.54, 1.807) is 32.4 Å². The van der Waals surface area contributed by atoms with Crippen molar-refractivity contribution in [1.29, 1.82) is 0 Å². The van der Waals surface area contributed by atoms with Crippen LogP contribution in [-0.2, 0) is 19.5 Å². The fraction of sp³-hybridized carbons (Fsp3) is 0.273. The Kier molecular flexibility index (Phi) is 6.65. The number of hydrogen-bond acceptors (Lipinski definition) is 3. The SMILES string of the molecule is COc1ccc(C(=O)C[n+]2cc(-c3ccc(Cl)cc3)n3c2CCC3)cc1OC.[Br-]. The van der Waals surface area contributed by atoms with Gasteiger partial charge in [-0.2, -0.15) is 0 Å². The molecule has 3 aromatic rings. The highest BCUT2D eigenvalue weighted by molar-refractivity contribution is 6.30. The number of fused-ring (bicyclic) bond motifs is 1. The maximum absolute atomic E-state index is 12.9. The molecule has 152 valence electrons. The van der Waals surface area contributed by atoms with Crippen molar-refractivity contribution < 1.29 is 35.8 Å². The first kappa shape index (κ1) is 21.4. The second-order valence-corrected chi connectivity index (χ2v) is 7.25. The largest absolute Gasteiger partial charge is 1.00 e. The molecule has 5 nitrogen and oxygen atoms in total. The van der Waals surface area contributed by atoms with Gasteiger partial charge in [-0.25, -0.2) is 9.13 Å². The molecule has 0 spiro atoms. The molecule has 0 bridgehead atoms. The summed E-state index contributed by atoms with van der Waals surface area (Å²) in [5, 5.41) is 0.716. The Hall–Kier alpha value is -2.31. The molecule has 0 aliphatic carbocycles. The maximum Gasteiger partial charge on any atom is 0.257 e. The van der Waals surface area contributed by atoms with E-state index in [4.69, 9.17) is 21.1 Å². The molecule has 1 aromatic heterocycles. The van der Waals surface area contributed by atoms with Gasteiger partial charge in [0.1, 0.15) is 6.20 Å². The number of ether oxygens (including phenoxy) is 2. The zero-order chi connectivity index (χ0) is 19.7. The summed E-state index contributed by atoms with van der Waals surface area (Å²) in [6.45, 7) is 1.25. The first-order valence-corrected chi connectivity index (χ1v) is 9.61. The van der Waals surface area contributed by atoms with Crippen LogP contribution in [0.25, 0.3) is 11.3 Å². The van der Waals surface area contributed by atoms with E-state index in [2.05, 4.69) is 15.3 Å². The minimum Gasteiger partial charge on any atom is -1.00 e. The molecule has 7 heteroatoms. The molecule has 0 radical (unpaired) electrons. The van der Waals surface area contributed by atoms with E-state index >= 15 is 0 Å². The number of aromatic nitrogens is 2. The molecule has 0 saturated carbocycles. The summed E-state index contributed by atoms with van der Waals surface area (Å²) in [5.41, 5.74) is 2.82. The van der Waals surface area contributed by atoms with Gasteiger partial charge in [-0.1, -0.05) is 11.6 Å². The van der Waals surface area contributed by atoms with Crippen LogP contribution in [0, 0.1) is 0 Å². The Morgan fingerprint density at radius 2 is 1.83 bits per heavy atom. The second kappa shape index (κ2) is 9.01. The first-order chi connectivity index (χ1) is 13.6. The average molecular weight is 478 g/mol. The Labute approximate surface area is 185 Å². The van der Waals surface area contributed by atoms with E-state index in [0.29, 0.717) is 28.6 Å². The van der Waals surface area contributed by atoms with Crippen molar-refractivity contribution >= 4 is 17.4 Å². The molecule has 29 heavy (non-hydrogen) atoms. The molecular formula is C22H22BrClN2O3. The Morgan fingerprint density at radius 1 is 1.10 bits per heavy atom. The fourth-order valence-electron chi connectivity index (χ4n) is 3.75. The highest BCUT2D eigenvalue weighted by Gasteiger charge is 2.29. The molecular weight excluding hydrogens is 456 g/mol. The molecule has 1 aliphatic heterocycles. The molecule has 2 aromatic carbocycles. The average Bonchev–Trinajstić information content (AvgIpc) is 3.32. The smallest absolute Gasteiger partial charge is 0.257 e. The predicted molar refractivity (Wildman–Crippen MR) is 107 cm³/mol. The summed E-state index contributed by atoms with van der Waals surface area (Å²) in [6, 6.07) is 13.1. The molecule has 4 rings (SSSR count). The zero-order valence-corrected chi connectivity index (χ0v) is 18.7. The van der Waals surface area contributed by atoms with Crippen molar-refractivity contribution in [1.82, 2.24) is 4.57 Å². The number of carbonyl (C=O) groups is 1. The van der Waals surface area contributed by atoms with Gasteiger partial charge in [-0.15, -0.1) is 0 Å². The van der Waals surface area contributed by atoms with Gasteiger partial charge in [-0.05, 0) is 48.9 Å². The van der Waals surface area contributed by atoms with Crippen molar-refractivity contribution in [2.24, 2.45) is 0 Å². The predicted octanol–water partition coefficient (Wildman–Crippen LogP) is 0.946. The fourth-order valence-corrected chi connectivity index (χ4v) is 3.88. The molecule has 0 N–H and O–H groups in total. The van der Waals surface area contributed by atoms with Crippen LogP contribution >= 0.6 is 11.6 Å². The topological polar surface area (TPSA) is 44.3 Å². The number of rotatable bonds is 6. The van der Waals surface area contributed by atoms with E-state index in [9.17, 15) is 4.79 Å². The molecule has 0 saturated heterocycles. The summed E-state index contributed by atoms with van der Waals surface area (Å²) >= 11 is 6.03. The summed E-state index contributed by atoms with van der Waals surface area (Å²) in [5.74, 6) is 2.39. The van der Waals surface area contributed by atoms with Gasteiger partial charge in [0.25, 0.3) is 5.82 Å². The Balaban J connectivity index is 0.00000240. The van der Waals surface area contributed by atoms with E-state index in [1.807, 2.05) is 24.3 Å². The number of imidazole rings is 1. The van der Waals surface area contributed by atoms with E-state index in [-0.39, 0.29) is 22.8 Å². The molecule has 1 aliphatic rings.